The minimum atomic E-state index is -0.623. The van der Waals surface area contributed by atoms with Crippen LogP contribution in [0, 0.1) is 19.7 Å². The lowest BCUT2D eigenvalue weighted by molar-refractivity contribution is 0.102. The number of carbonyl (C=O) groups is 1. The molecule has 0 saturated carbocycles. The van der Waals surface area contributed by atoms with Gasteiger partial charge < -0.3 is 11.1 Å². The summed E-state index contributed by atoms with van der Waals surface area (Å²) in [5.74, 6) is -1.10. The van der Waals surface area contributed by atoms with Crippen LogP contribution in [0.1, 0.15) is 21.5 Å². The molecule has 0 aliphatic heterocycles. The normalized spacial score (nSPS) is 10.3. The van der Waals surface area contributed by atoms with E-state index in [0.717, 1.165) is 17.2 Å². The second-order valence-corrected chi connectivity index (χ2v) is 4.51. The van der Waals surface area contributed by atoms with Crippen molar-refractivity contribution in [2.24, 2.45) is 0 Å². The van der Waals surface area contributed by atoms with E-state index < -0.39 is 11.7 Å². The molecule has 3 N–H and O–H groups in total. The molecule has 0 saturated heterocycles. The summed E-state index contributed by atoms with van der Waals surface area (Å²) in [6.45, 7) is 3.86. The van der Waals surface area contributed by atoms with Gasteiger partial charge in [0.05, 0.1) is 5.56 Å². The van der Waals surface area contributed by atoms with Crippen molar-refractivity contribution in [1.29, 1.82) is 0 Å². The monoisotopic (exact) mass is 258 g/mol. The average molecular weight is 258 g/mol. The first kappa shape index (κ1) is 13.1. The first-order valence-electron chi connectivity index (χ1n) is 5.91. The zero-order valence-corrected chi connectivity index (χ0v) is 10.8. The molecule has 0 unspecified atom stereocenters. The van der Waals surface area contributed by atoms with Gasteiger partial charge >= 0.3 is 0 Å². The van der Waals surface area contributed by atoms with Gasteiger partial charge in [0, 0.05) is 11.4 Å². The number of rotatable bonds is 2. The highest BCUT2D eigenvalue weighted by Crippen LogP contribution is 2.18. The summed E-state index contributed by atoms with van der Waals surface area (Å²) in [5.41, 5.74) is 8.44. The van der Waals surface area contributed by atoms with Crippen LogP contribution in [0.15, 0.2) is 36.4 Å². The van der Waals surface area contributed by atoms with Crippen LogP contribution in [0.2, 0.25) is 0 Å². The van der Waals surface area contributed by atoms with Crippen molar-refractivity contribution in [1.82, 2.24) is 0 Å². The van der Waals surface area contributed by atoms with Crippen LogP contribution in [-0.2, 0) is 0 Å². The second-order valence-electron chi connectivity index (χ2n) is 4.51. The molecule has 0 heterocycles. The number of nitrogen functional groups attached to an aromatic ring is 1. The highest BCUT2D eigenvalue weighted by molar-refractivity contribution is 6.05. The van der Waals surface area contributed by atoms with Crippen LogP contribution < -0.4 is 11.1 Å². The lowest BCUT2D eigenvalue weighted by Crippen LogP contribution is -2.14. The Morgan fingerprint density at radius 3 is 2.53 bits per heavy atom. The first-order chi connectivity index (χ1) is 8.97. The number of amides is 1. The van der Waals surface area contributed by atoms with Crippen molar-refractivity contribution >= 4 is 17.3 Å². The summed E-state index contributed by atoms with van der Waals surface area (Å²) in [4.78, 5) is 12.0. The number of aryl methyl sites for hydroxylation is 2. The number of nitrogens with two attached hydrogens (primary N) is 1. The number of nitrogens with one attached hydrogen (secondary N) is 1. The van der Waals surface area contributed by atoms with E-state index in [0.29, 0.717) is 11.4 Å². The minimum absolute atomic E-state index is 0.0193. The molecule has 4 heteroatoms. The molecular weight excluding hydrogens is 243 g/mol. The van der Waals surface area contributed by atoms with Gasteiger partial charge in [-0.05, 0) is 43.7 Å². The molecule has 0 radical (unpaired) electrons. The molecule has 1 amide bonds. The lowest BCUT2D eigenvalue weighted by atomic mass is 10.1. The van der Waals surface area contributed by atoms with Crippen molar-refractivity contribution in [2.75, 3.05) is 11.1 Å². The predicted octanol–water partition coefficient (Wildman–Crippen LogP) is 3.28. The van der Waals surface area contributed by atoms with Crippen LogP contribution in [0.4, 0.5) is 15.8 Å². The Labute approximate surface area is 111 Å². The third-order valence-electron chi connectivity index (χ3n) is 2.87. The van der Waals surface area contributed by atoms with Crippen LogP contribution in [0.3, 0.4) is 0 Å². The molecule has 0 bridgehead atoms. The highest BCUT2D eigenvalue weighted by atomic mass is 19.1. The zero-order chi connectivity index (χ0) is 14.0. The Bertz CT molecular complexity index is 638. The fourth-order valence-electron chi connectivity index (χ4n) is 1.86. The maximum atomic E-state index is 13.6. The van der Waals surface area contributed by atoms with Crippen molar-refractivity contribution in [3.63, 3.8) is 0 Å². The molecule has 0 aliphatic rings. The lowest BCUT2D eigenvalue weighted by Gasteiger charge is -2.10. The standard InChI is InChI=1S/C15H15FN2O/c1-9-3-6-14(10(2)7-9)18-15(19)12-5-4-11(17)8-13(12)16/h3-8H,17H2,1-2H3,(H,18,19). The zero-order valence-electron chi connectivity index (χ0n) is 10.8. The number of anilines is 2. The van der Waals surface area contributed by atoms with Crippen molar-refractivity contribution < 1.29 is 9.18 Å². The fraction of sp³-hybridized carbons (Fsp3) is 0.133. The Hall–Kier alpha value is -2.36. The van der Waals surface area contributed by atoms with E-state index in [4.69, 9.17) is 5.73 Å². The Kier molecular flexibility index (Phi) is 3.51. The van der Waals surface area contributed by atoms with E-state index in [1.807, 2.05) is 26.0 Å². The van der Waals surface area contributed by atoms with Crippen LogP contribution in [0.25, 0.3) is 0 Å². The van der Waals surface area contributed by atoms with Crippen LogP contribution in [-0.4, -0.2) is 5.91 Å². The third-order valence-corrected chi connectivity index (χ3v) is 2.87. The Balaban J connectivity index is 2.25. The van der Waals surface area contributed by atoms with Gasteiger partial charge in [0.15, 0.2) is 0 Å². The van der Waals surface area contributed by atoms with Gasteiger partial charge in [0.25, 0.3) is 5.91 Å². The smallest absolute Gasteiger partial charge is 0.258 e. The van der Waals surface area contributed by atoms with Gasteiger partial charge in [-0.3, -0.25) is 4.79 Å². The molecule has 98 valence electrons. The van der Waals surface area contributed by atoms with E-state index in [9.17, 15) is 9.18 Å². The minimum Gasteiger partial charge on any atom is -0.399 e. The highest BCUT2D eigenvalue weighted by Gasteiger charge is 2.12. The van der Waals surface area contributed by atoms with Gasteiger partial charge in [0.2, 0.25) is 0 Å². The molecule has 2 aromatic rings. The van der Waals surface area contributed by atoms with E-state index in [-0.39, 0.29) is 5.56 Å². The van der Waals surface area contributed by atoms with E-state index >= 15 is 0 Å². The molecule has 2 rings (SSSR count). The molecular formula is C15H15FN2O. The fourth-order valence-corrected chi connectivity index (χ4v) is 1.86. The van der Waals surface area contributed by atoms with Crippen molar-refractivity contribution in [3.8, 4) is 0 Å². The van der Waals surface area contributed by atoms with Gasteiger partial charge in [-0.15, -0.1) is 0 Å². The summed E-state index contributed by atoms with van der Waals surface area (Å²) in [6.07, 6.45) is 0. The summed E-state index contributed by atoms with van der Waals surface area (Å²) in [7, 11) is 0. The quantitative estimate of drug-likeness (QED) is 0.812. The Morgan fingerprint density at radius 1 is 1.16 bits per heavy atom. The van der Waals surface area contributed by atoms with E-state index in [1.165, 1.54) is 12.1 Å². The van der Waals surface area contributed by atoms with Crippen LogP contribution >= 0.6 is 0 Å². The number of hydrogen-bond donors (Lipinski definition) is 2. The molecule has 0 spiro atoms. The molecule has 19 heavy (non-hydrogen) atoms. The summed E-state index contributed by atoms with van der Waals surface area (Å²) in [6, 6.07) is 9.66. The molecule has 2 aromatic carbocycles. The van der Waals surface area contributed by atoms with Crippen molar-refractivity contribution in [2.45, 2.75) is 13.8 Å². The largest absolute Gasteiger partial charge is 0.399 e. The first-order valence-corrected chi connectivity index (χ1v) is 5.91. The topological polar surface area (TPSA) is 55.1 Å². The summed E-state index contributed by atoms with van der Waals surface area (Å²) >= 11 is 0. The van der Waals surface area contributed by atoms with E-state index in [1.54, 1.807) is 6.07 Å². The number of benzene rings is 2. The van der Waals surface area contributed by atoms with Gasteiger partial charge in [-0.2, -0.15) is 0 Å². The average Bonchev–Trinajstić information content (AvgIpc) is 2.32. The van der Waals surface area contributed by atoms with Gasteiger partial charge in [-0.1, -0.05) is 17.7 Å². The van der Waals surface area contributed by atoms with E-state index in [2.05, 4.69) is 5.32 Å². The maximum Gasteiger partial charge on any atom is 0.258 e. The number of carbonyl (C=O) groups excluding carboxylic acids is 1. The molecule has 0 fully saturated rings. The summed E-state index contributed by atoms with van der Waals surface area (Å²) in [5, 5.41) is 2.69. The molecule has 3 nitrogen and oxygen atoms in total. The summed E-state index contributed by atoms with van der Waals surface area (Å²) < 4.78 is 13.6. The Morgan fingerprint density at radius 2 is 1.89 bits per heavy atom. The maximum absolute atomic E-state index is 13.6. The molecule has 0 atom stereocenters. The third kappa shape index (κ3) is 2.91. The van der Waals surface area contributed by atoms with Crippen LogP contribution in [0.5, 0.6) is 0 Å². The number of halogens is 1. The molecule has 0 aromatic heterocycles. The number of hydrogen-bond acceptors (Lipinski definition) is 2. The van der Waals surface area contributed by atoms with Gasteiger partial charge in [-0.25, -0.2) is 4.39 Å². The molecule has 0 aliphatic carbocycles. The second kappa shape index (κ2) is 5.10. The van der Waals surface area contributed by atoms with Gasteiger partial charge in [0.1, 0.15) is 5.82 Å². The van der Waals surface area contributed by atoms with Crippen molar-refractivity contribution in [3.05, 3.63) is 58.9 Å². The SMILES string of the molecule is Cc1ccc(NC(=O)c2ccc(N)cc2F)c(C)c1. The predicted molar refractivity (Wildman–Crippen MR) is 74.7 cm³/mol.